The van der Waals surface area contributed by atoms with E-state index in [1.54, 1.807) is 0 Å². The first-order valence-electron chi connectivity index (χ1n) is 12.9. The molecular formula is C30H23N5O4. The van der Waals surface area contributed by atoms with Crippen molar-refractivity contribution in [1.29, 1.82) is 0 Å². The zero-order valence-electron chi connectivity index (χ0n) is 20.9. The fraction of sp³-hybridized carbons (Fsp3) is 0.167. The van der Waals surface area contributed by atoms with Crippen LogP contribution < -0.4 is 24.6 Å². The summed E-state index contributed by atoms with van der Waals surface area (Å²) in [6.07, 6.45) is 1.82. The van der Waals surface area contributed by atoms with Crippen molar-refractivity contribution in [1.82, 2.24) is 10.1 Å². The van der Waals surface area contributed by atoms with E-state index in [9.17, 15) is 4.79 Å². The Balaban J connectivity index is 1.24. The van der Waals surface area contributed by atoms with Crippen molar-refractivity contribution < 1.29 is 18.8 Å². The average molecular weight is 518 g/mol. The first-order chi connectivity index (χ1) is 19.2. The molecule has 0 amide bonds. The van der Waals surface area contributed by atoms with E-state index >= 15 is 0 Å². The van der Waals surface area contributed by atoms with Crippen LogP contribution in [0.2, 0.25) is 0 Å². The molecule has 5 aromatic rings. The van der Waals surface area contributed by atoms with Crippen molar-refractivity contribution in [3.05, 3.63) is 84.1 Å². The van der Waals surface area contributed by atoms with E-state index in [1.165, 1.54) is 0 Å². The topological polar surface area (TPSA) is 93.0 Å². The van der Waals surface area contributed by atoms with Crippen LogP contribution in [-0.2, 0) is 0 Å². The van der Waals surface area contributed by atoms with Crippen molar-refractivity contribution in [2.45, 2.75) is 0 Å². The van der Waals surface area contributed by atoms with Crippen LogP contribution in [0.25, 0.3) is 22.2 Å². The van der Waals surface area contributed by atoms with E-state index in [4.69, 9.17) is 14.0 Å². The van der Waals surface area contributed by atoms with Crippen molar-refractivity contribution >= 4 is 39.6 Å². The van der Waals surface area contributed by atoms with Gasteiger partial charge in [-0.05, 0) is 30.3 Å². The van der Waals surface area contributed by atoms with Gasteiger partial charge < -0.3 is 29.1 Å². The maximum atomic E-state index is 13.9. The Morgan fingerprint density at radius 3 is 2.46 bits per heavy atom. The van der Waals surface area contributed by atoms with E-state index in [0.29, 0.717) is 39.6 Å². The zero-order valence-corrected chi connectivity index (χ0v) is 20.9. The Labute approximate surface area is 223 Å². The molecule has 2 aliphatic heterocycles. The Morgan fingerprint density at radius 1 is 0.821 bits per heavy atom. The quantitative estimate of drug-likeness (QED) is 0.337. The fourth-order valence-electron chi connectivity index (χ4n) is 5.73. The van der Waals surface area contributed by atoms with Gasteiger partial charge in [0.25, 0.3) is 0 Å². The van der Waals surface area contributed by atoms with Crippen LogP contribution in [0.15, 0.2) is 77.4 Å². The number of piperazine rings is 1. The second kappa shape index (κ2) is 8.49. The van der Waals surface area contributed by atoms with E-state index in [0.717, 1.165) is 54.3 Å². The molecule has 39 heavy (non-hydrogen) atoms. The molecule has 0 bridgehead atoms. The number of ketones is 1. The van der Waals surface area contributed by atoms with Gasteiger partial charge in [-0.1, -0.05) is 35.5 Å². The number of anilines is 4. The molecule has 0 spiro atoms. The molecule has 3 aromatic carbocycles. The smallest absolute Gasteiger partial charge is 0.231 e. The van der Waals surface area contributed by atoms with Gasteiger partial charge in [-0.3, -0.25) is 4.79 Å². The lowest BCUT2D eigenvalue weighted by Crippen LogP contribution is -2.47. The predicted octanol–water partition coefficient (Wildman–Crippen LogP) is 5.23. The van der Waals surface area contributed by atoms with E-state index < -0.39 is 0 Å². The minimum Gasteiger partial charge on any atom is -0.454 e. The summed E-state index contributed by atoms with van der Waals surface area (Å²) in [5.74, 6) is 2.92. The maximum Gasteiger partial charge on any atom is 0.231 e. The SMILES string of the molecule is O=C1c2ccccc2-c2onc3c(N4CCN(c5ccccn5)CC4)cc(Nc4ccc5c(c4)OCO5)c1c23. The highest BCUT2D eigenvalue weighted by molar-refractivity contribution is 6.28. The number of nitrogens with zero attached hydrogens (tertiary/aromatic N) is 4. The Morgan fingerprint density at radius 2 is 1.62 bits per heavy atom. The third-order valence-corrected chi connectivity index (χ3v) is 7.62. The number of fused-ring (bicyclic) bond motifs is 3. The number of pyridine rings is 1. The standard InChI is InChI=1S/C30H23N5O4/c36-29-19-5-1-2-6-20(19)30-27-26(29)21(32-18-8-9-23-24(15-18)38-17-37-23)16-22(28(27)33-39-30)34-11-13-35(14-12-34)25-7-3-4-10-31-25/h1-10,15-16,32H,11-14,17H2. The van der Waals surface area contributed by atoms with Gasteiger partial charge in [-0.15, -0.1) is 0 Å². The van der Waals surface area contributed by atoms with Crippen LogP contribution >= 0.6 is 0 Å². The normalized spacial score (nSPS) is 15.5. The lowest BCUT2D eigenvalue weighted by molar-refractivity contribution is 0.104. The minimum atomic E-state index is -0.0546. The molecule has 1 aliphatic carbocycles. The molecule has 0 radical (unpaired) electrons. The van der Waals surface area contributed by atoms with E-state index in [1.807, 2.05) is 72.9 Å². The van der Waals surface area contributed by atoms with E-state index in [2.05, 4.69) is 25.3 Å². The first-order valence-corrected chi connectivity index (χ1v) is 12.9. The molecule has 2 aromatic heterocycles. The van der Waals surface area contributed by atoms with Gasteiger partial charge in [0.2, 0.25) is 6.79 Å². The second-order valence-corrected chi connectivity index (χ2v) is 9.78. The largest absolute Gasteiger partial charge is 0.454 e. The highest BCUT2D eigenvalue weighted by Gasteiger charge is 2.34. The summed E-state index contributed by atoms with van der Waals surface area (Å²) in [5, 5.41) is 8.75. The Hall–Kier alpha value is -5.05. The van der Waals surface area contributed by atoms with Gasteiger partial charge in [0.15, 0.2) is 23.0 Å². The lowest BCUT2D eigenvalue weighted by Gasteiger charge is -2.37. The highest BCUT2D eigenvalue weighted by atomic mass is 16.7. The molecule has 3 aliphatic rings. The van der Waals surface area contributed by atoms with Gasteiger partial charge in [0, 0.05) is 55.3 Å². The molecule has 1 fully saturated rings. The van der Waals surface area contributed by atoms with Crippen molar-refractivity contribution in [3.8, 4) is 22.8 Å². The lowest BCUT2D eigenvalue weighted by atomic mass is 9.86. The number of nitrogens with one attached hydrogen (secondary N) is 1. The molecule has 8 rings (SSSR count). The molecule has 0 atom stereocenters. The van der Waals surface area contributed by atoms with Gasteiger partial charge in [-0.2, -0.15) is 0 Å². The summed E-state index contributed by atoms with van der Waals surface area (Å²) in [4.78, 5) is 23.0. The third kappa shape index (κ3) is 3.43. The molecule has 9 nitrogen and oxygen atoms in total. The third-order valence-electron chi connectivity index (χ3n) is 7.62. The molecule has 9 heteroatoms. The summed E-state index contributed by atoms with van der Waals surface area (Å²) >= 11 is 0. The second-order valence-electron chi connectivity index (χ2n) is 9.78. The van der Waals surface area contributed by atoms with Crippen LogP contribution in [-0.4, -0.2) is 48.9 Å². The molecule has 192 valence electrons. The van der Waals surface area contributed by atoms with Crippen molar-refractivity contribution in [2.75, 3.05) is 48.1 Å². The highest BCUT2D eigenvalue weighted by Crippen LogP contribution is 2.47. The monoisotopic (exact) mass is 517 g/mol. The first kappa shape index (κ1) is 22.0. The van der Waals surface area contributed by atoms with Crippen LogP contribution in [0, 0.1) is 0 Å². The number of ether oxygens (including phenoxy) is 2. The molecule has 1 N–H and O–H groups in total. The van der Waals surface area contributed by atoms with Crippen LogP contribution in [0.5, 0.6) is 11.5 Å². The minimum absolute atomic E-state index is 0.0546. The number of carbonyl (C=O) groups is 1. The summed E-state index contributed by atoms with van der Waals surface area (Å²) in [6.45, 7) is 3.39. The Kier molecular flexibility index (Phi) is 4.78. The van der Waals surface area contributed by atoms with Crippen LogP contribution in [0.1, 0.15) is 15.9 Å². The summed E-state index contributed by atoms with van der Waals surface area (Å²) in [6, 6.07) is 21.2. The Bertz CT molecular complexity index is 1760. The molecule has 4 heterocycles. The van der Waals surface area contributed by atoms with Gasteiger partial charge in [0.05, 0.1) is 22.3 Å². The van der Waals surface area contributed by atoms with Crippen molar-refractivity contribution in [2.24, 2.45) is 0 Å². The average Bonchev–Trinajstić information content (AvgIpc) is 3.64. The maximum absolute atomic E-state index is 13.9. The molecule has 1 saturated heterocycles. The van der Waals surface area contributed by atoms with Crippen LogP contribution in [0.3, 0.4) is 0 Å². The number of rotatable bonds is 4. The number of benzene rings is 3. The van der Waals surface area contributed by atoms with Crippen LogP contribution in [0.4, 0.5) is 22.9 Å². The summed E-state index contributed by atoms with van der Waals surface area (Å²) in [7, 11) is 0. The predicted molar refractivity (Wildman–Crippen MR) is 147 cm³/mol. The van der Waals surface area contributed by atoms with E-state index in [-0.39, 0.29) is 12.6 Å². The fourth-order valence-corrected chi connectivity index (χ4v) is 5.73. The van der Waals surface area contributed by atoms with Gasteiger partial charge >= 0.3 is 0 Å². The van der Waals surface area contributed by atoms with Gasteiger partial charge in [-0.25, -0.2) is 4.98 Å². The number of hydrogen-bond acceptors (Lipinski definition) is 9. The summed E-state index contributed by atoms with van der Waals surface area (Å²) < 4.78 is 17.0. The zero-order chi connectivity index (χ0) is 25.9. The molecular weight excluding hydrogens is 494 g/mol. The number of hydrogen-bond donors (Lipinski definition) is 1. The van der Waals surface area contributed by atoms with Crippen molar-refractivity contribution in [3.63, 3.8) is 0 Å². The van der Waals surface area contributed by atoms with Gasteiger partial charge in [0.1, 0.15) is 11.3 Å². The molecule has 0 unspecified atom stereocenters. The molecule has 0 saturated carbocycles. The number of aromatic nitrogens is 2. The number of carbonyl (C=O) groups excluding carboxylic acids is 1. The summed E-state index contributed by atoms with van der Waals surface area (Å²) in [5.41, 5.74) is 5.06.